The smallest absolute Gasteiger partial charge is 0.239 e. The minimum Gasteiger partial charge on any atom is -0.496 e. The van der Waals surface area contributed by atoms with E-state index < -0.39 is 15.9 Å². The van der Waals surface area contributed by atoms with Crippen LogP contribution in [0.25, 0.3) is 0 Å². The molecule has 0 atom stereocenters. The van der Waals surface area contributed by atoms with Gasteiger partial charge in [-0.3, -0.25) is 4.79 Å². The molecule has 7 heteroatoms. The predicted octanol–water partition coefficient (Wildman–Crippen LogP) is 3.22. The molecule has 0 saturated heterocycles. The monoisotopic (exact) mass is 390 g/mol. The zero-order valence-corrected chi connectivity index (χ0v) is 16.9. The lowest BCUT2D eigenvalue weighted by molar-refractivity contribution is -0.116. The number of nitrogens with one attached hydrogen (secondary N) is 1. The van der Waals surface area contributed by atoms with Crippen molar-refractivity contribution in [3.05, 3.63) is 59.7 Å². The summed E-state index contributed by atoms with van der Waals surface area (Å²) < 4.78 is 30.7. The average Bonchev–Trinajstić information content (AvgIpc) is 2.61. The molecule has 1 N–H and O–H groups in total. The number of carbonyl (C=O) groups excluding carboxylic acids is 1. The molecular weight excluding hydrogens is 364 g/mol. The van der Waals surface area contributed by atoms with Gasteiger partial charge >= 0.3 is 0 Å². The van der Waals surface area contributed by atoms with E-state index in [9.17, 15) is 13.2 Å². The van der Waals surface area contributed by atoms with Gasteiger partial charge in [-0.2, -0.15) is 4.31 Å². The normalized spacial score (nSPS) is 11.6. The molecule has 0 heterocycles. The predicted molar refractivity (Wildman–Crippen MR) is 107 cm³/mol. The van der Waals surface area contributed by atoms with E-state index in [-0.39, 0.29) is 13.1 Å². The van der Waals surface area contributed by atoms with E-state index in [2.05, 4.69) is 19.2 Å². The molecule has 0 aromatic heterocycles. The van der Waals surface area contributed by atoms with Crippen LogP contribution in [0.1, 0.15) is 30.9 Å². The molecule has 0 spiro atoms. The van der Waals surface area contributed by atoms with E-state index in [1.807, 2.05) is 24.3 Å². The second kappa shape index (κ2) is 9.01. The van der Waals surface area contributed by atoms with Crippen LogP contribution in [0.2, 0.25) is 0 Å². The van der Waals surface area contributed by atoms with Gasteiger partial charge in [0.2, 0.25) is 15.9 Å². The third kappa shape index (κ3) is 6.08. The lowest BCUT2D eigenvalue weighted by Crippen LogP contribution is -2.37. The molecule has 146 valence electrons. The SMILES string of the molecule is COc1ccccc1CN(CC(=O)Nc1ccc(C(C)C)cc1)S(C)(=O)=O. The van der Waals surface area contributed by atoms with Gasteiger partial charge in [-0.15, -0.1) is 0 Å². The number of carbonyl (C=O) groups is 1. The summed E-state index contributed by atoms with van der Waals surface area (Å²) in [5.41, 5.74) is 2.50. The Hall–Kier alpha value is -2.38. The maximum absolute atomic E-state index is 12.4. The molecule has 0 fully saturated rings. The standard InChI is InChI=1S/C20H26N2O4S/c1-15(2)16-9-11-18(12-10-16)21-20(23)14-22(27(4,24)25)13-17-7-5-6-8-19(17)26-3/h5-12,15H,13-14H2,1-4H3,(H,21,23). The van der Waals surface area contributed by atoms with Gasteiger partial charge in [-0.1, -0.05) is 44.2 Å². The van der Waals surface area contributed by atoms with Crippen LogP contribution in [0.15, 0.2) is 48.5 Å². The molecule has 27 heavy (non-hydrogen) atoms. The highest BCUT2D eigenvalue weighted by molar-refractivity contribution is 7.88. The summed E-state index contributed by atoms with van der Waals surface area (Å²) in [4.78, 5) is 12.4. The van der Waals surface area contributed by atoms with Gasteiger partial charge in [-0.25, -0.2) is 8.42 Å². The Morgan fingerprint density at radius 2 is 1.74 bits per heavy atom. The second-order valence-corrected chi connectivity index (χ2v) is 8.65. The number of para-hydroxylation sites is 1. The molecular formula is C20H26N2O4S. The van der Waals surface area contributed by atoms with E-state index in [0.717, 1.165) is 10.6 Å². The number of rotatable bonds is 8. The van der Waals surface area contributed by atoms with E-state index in [0.29, 0.717) is 22.9 Å². The summed E-state index contributed by atoms with van der Waals surface area (Å²) in [5, 5.41) is 2.75. The highest BCUT2D eigenvalue weighted by atomic mass is 32.2. The summed E-state index contributed by atoms with van der Waals surface area (Å²) in [6.45, 7) is 3.97. The molecule has 0 aliphatic carbocycles. The summed E-state index contributed by atoms with van der Waals surface area (Å²) in [6.07, 6.45) is 1.09. The minimum absolute atomic E-state index is 0.0581. The number of nitrogens with zero attached hydrogens (tertiary/aromatic N) is 1. The number of sulfonamides is 1. The number of benzene rings is 2. The van der Waals surface area contributed by atoms with Crippen molar-refractivity contribution in [2.45, 2.75) is 26.3 Å². The molecule has 0 aliphatic rings. The average molecular weight is 391 g/mol. The molecule has 0 radical (unpaired) electrons. The molecule has 2 rings (SSSR count). The largest absolute Gasteiger partial charge is 0.496 e. The van der Waals surface area contributed by atoms with E-state index >= 15 is 0 Å². The van der Waals surface area contributed by atoms with Crippen molar-refractivity contribution in [2.24, 2.45) is 0 Å². The summed E-state index contributed by atoms with van der Waals surface area (Å²) >= 11 is 0. The van der Waals surface area contributed by atoms with Crippen molar-refractivity contribution < 1.29 is 17.9 Å². The Labute approximate surface area is 161 Å². The van der Waals surface area contributed by atoms with Crippen molar-refractivity contribution in [1.29, 1.82) is 0 Å². The maximum Gasteiger partial charge on any atom is 0.239 e. The van der Waals surface area contributed by atoms with Gasteiger partial charge in [-0.05, 0) is 29.7 Å². The maximum atomic E-state index is 12.4. The third-order valence-corrected chi connectivity index (χ3v) is 5.39. The molecule has 2 aromatic carbocycles. The van der Waals surface area contributed by atoms with Crippen LogP contribution in [-0.2, 0) is 21.4 Å². The lowest BCUT2D eigenvalue weighted by Gasteiger charge is -2.21. The van der Waals surface area contributed by atoms with Crippen LogP contribution in [0.4, 0.5) is 5.69 Å². The molecule has 0 aliphatic heterocycles. The lowest BCUT2D eigenvalue weighted by atomic mass is 10.0. The van der Waals surface area contributed by atoms with Crippen molar-refractivity contribution in [2.75, 3.05) is 25.2 Å². The Morgan fingerprint density at radius 3 is 2.30 bits per heavy atom. The van der Waals surface area contributed by atoms with Gasteiger partial charge in [0.15, 0.2) is 0 Å². The topological polar surface area (TPSA) is 75.7 Å². The third-order valence-electron chi connectivity index (χ3n) is 4.19. The van der Waals surface area contributed by atoms with Gasteiger partial charge in [0, 0.05) is 17.8 Å². The van der Waals surface area contributed by atoms with Crippen molar-refractivity contribution in [3.8, 4) is 5.75 Å². The zero-order valence-electron chi connectivity index (χ0n) is 16.1. The van der Waals surface area contributed by atoms with E-state index in [1.165, 1.54) is 12.7 Å². The first-order valence-corrected chi connectivity index (χ1v) is 10.5. The Balaban J connectivity index is 2.10. The van der Waals surface area contributed by atoms with Crippen LogP contribution in [0, 0.1) is 0 Å². The Bertz CT molecular complexity index is 877. The number of hydrogen-bond acceptors (Lipinski definition) is 4. The quantitative estimate of drug-likeness (QED) is 0.751. The minimum atomic E-state index is -3.58. The first-order valence-electron chi connectivity index (χ1n) is 8.67. The van der Waals surface area contributed by atoms with Gasteiger partial charge in [0.05, 0.1) is 19.9 Å². The van der Waals surface area contributed by atoms with Crippen LogP contribution in [-0.4, -0.2) is 38.5 Å². The van der Waals surface area contributed by atoms with Crippen molar-refractivity contribution in [1.82, 2.24) is 4.31 Å². The fourth-order valence-corrected chi connectivity index (χ4v) is 3.35. The molecule has 0 saturated carbocycles. The number of amides is 1. The fourth-order valence-electron chi connectivity index (χ4n) is 2.63. The highest BCUT2D eigenvalue weighted by Gasteiger charge is 2.22. The molecule has 2 aromatic rings. The Kier molecular flexibility index (Phi) is 6.98. The van der Waals surface area contributed by atoms with Gasteiger partial charge in [0.25, 0.3) is 0 Å². The van der Waals surface area contributed by atoms with Gasteiger partial charge < -0.3 is 10.1 Å². The van der Waals surface area contributed by atoms with Crippen molar-refractivity contribution in [3.63, 3.8) is 0 Å². The molecule has 0 unspecified atom stereocenters. The number of methoxy groups -OCH3 is 1. The van der Waals surface area contributed by atoms with Crippen LogP contribution in [0.3, 0.4) is 0 Å². The number of hydrogen-bond donors (Lipinski definition) is 1. The summed E-state index contributed by atoms with van der Waals surface area (Å²) in [5.74, 6) is 0.583. The van der Waals surface area contributed by atoms with E-state index in [1.54, 1.807) is 24.3 Å². The van der Waals surface area contributed by atoms with Crippen LogP contribution < -0.4 is 10.1 Å². The van der Waals surface area contributed by atoms with Crippen LogP contribution >= 0.6 is 0 Å². The first-order chi connectivity index (χ1) is 12.7. The summed E-state index contributed by atoms with van der Waals surface area (Å²) in [6, 6.07) is 14.7. The van der Waals surface area contributed by atoms with Crippen molar-refractivity contribution >= 4 is 21.6 Å². The molecule has 0 bridgehead atoms. The number of ether oxygens (including phenoxy) is 1. The number of anilines is 1. The molecule has 1 amide bonds. The van der Waals surface area contributed by atoms with E-state index in [4.69, 9.17) is 4.74 Å². The Morgan fingerprint density at radius 1 is 1.11 bits per heavy atom. The molecule has 6 nitrogen and oxygen atoms in total. The highest BCUT2D eigenvalue weighted by Crippen LogP contribution is 2.21. The van der Waals surface area contributed by atoms with Gasteiger partial charge in [0.1, 0.15) is 5.75 Å². The zero-order chi connectivity index (χ0) is 20.0. The second-order valence-electron chi connectivity index (χ2n) is 6.67. The fraction of sp³-hybridized carbons (Fsp3) is 0.350. The summed E-state index contributed by atoms with van der Waals surface area (Å²) in [7, 11) is -2.05. The first kappa shape index (κ1) is 20.9. The van der Waals surface area contributed by atoms with Crippen LogP contribution in [0.5, 0.6) is 5.75 Å².